The van der Waals surface area contributed by atoms with Crippen LogP contribution in [0, 0.1) is 5.92 Å². The molecule has 112 valence electrons. The Hall–Kier alpha value is -0.980. The third kappa shape index (κ3) is 5.56. The van der Waals surface area contributed by atoms with Gasteiger partial charge in [0.25, 0.3) is 0 Å². The summed E-state index contributed by atoms with van der Waals surface area (Å²) >= 11 is 0. The number of benzene rings is 1. The van der Waals surface area contributed by atoms with Crippen LogP contribution in [0.2, 0.25) is 0 Å². The van der Waals surface area contributed by atoms with Crippen LogP contribution in [-0.4, -0.2) is 26.2 Å². The molecule has 0 atom stereocenters. The van der Waals surface area contributed by atoms with Crippen LogP contribution in [0.5, 0.6) is 5.75 Å². The van der Waals surface area contributed by atoms with Gasteiger partial charge in [-0.15, -0.1) is 24.0 Å². The minimum atomic E-state index is 0. The van der Waals surface area contributed by atoms with Gasteiger partial charge in [-0.25, -0.2) is 0 Å². The van der Waals surface area contributed by atoms with Crippen LogP contribution in [0.25, 0.3) is 0 Å². The van der Waals surface area contributed by atoms with Crippen LogP contribution >= 0.6 is 24.0 Å². The molecule has 0 radical (unpaired) electrons. The summed E-state index contributed by atoms with van der Waals surface area (Å²) in [6.45, 7) is 4.48. The van der Waals surface area contributed by atoms with Gasteiger partial charge in [0.1, 0.15) is 5.75 Å². The highest BCUT2D eigenvalue weighted by atomic mass is 127. The van der Waals surface area contributed by atoms with Crippen molar-refractivity contribution in [3.05, 3.63) is 29.8 Å². The van der Waals surface area contributed by atoms with Crippen LogP contribution in [-0.2, 0) is 6.54 Å². The maximum absolute atomic E-state index is 5.89. The van der Waals surface area contributed by atoms with Gasteiger partial charge in [0.05, 0.1) is 6.61 Å². The topological polar surface area (TPSA) is 45.7 Å². The number of hydrogen-bond acceptors (Lipinski definition) is 2. The van der Waals surface area contributed by atoms with Crippen LogP contribution in [0.3, 0.4) is 0 Å². The van der Waals surface area contributed by atoms with E-state index in [1.165, 1.54) is 18.4 Å². The zero-order chi connectivity index (χ0) is 13.5. The molecule has 0 saturated heterocycles. The molecular formula is C15H24IN3O. The molecule has 0 amide bonds. The van der Waals surface area contributed by atoms with Crippen molar-refractivity contribution in [1.82, 2.24) is 10.6 Å². The van der Waals surface area contributed by atoms with Crippen molar-refractivity contribution in [2.75, 3.05) is 20.2 Å². The molecule has 0 heterocycles. The smallest absolute Gasteiger partial charge is 0.191 e. The Morgan fingerprint density at radius 3 is 2.70 bits per heavy atom. The molecule has 1 aromatic rings. The van der Waals surface area contributed by atoms with E-state index in [9.17, 15) is 0 Å². The second kappa shape index (κ2) is 9.05. The number of halogens is 1. The quantitative estimate of drug-likeness (QED) is 0.447. The number of aliphatic imine (C=N–C) groups is 1. The predicted octanol–water partition coefficient (Wildman–Crippen LogP) is 2.78. The van der Waals surface area contributed by atoms with Crippen molar-refractivity contribution >= 4 is 29.9 Å². The lowest BCUT2D eigenvalue weighted by Gasteiger charge is -2.14. The van der Waals surface area contributed by atoms with Crippen LogP contribution in [0.15, 0.2) is 29.3 Å². The van der Waals surface area contributed by atoms with Gasteiger partial charge in [-0.05, 0) is 31.7 Å². The summed E-state index contributed by atoms with van der Waals surface area (Å²) in [7, 11) is 1.78. The first kappa shape index (κ1) is 17.1. The van der Waals surface area contributed by atoms with Crippen molar-refractivity contribution < 1.29 is 4.74 Å². The Morgan fingerprint density at radius 1 is 1.30 bits per heavy atom. The fourth-order valence-corrected chi connectivity index (χ4v) is 1.85. The summed E-state index contributed by atoms with van der Waals surface area (Å²) in [5, 5.41) is 6.47. The Bertz CT molecular complexity index is 433. The van der Waals surface area contributed by atoms with Gasteiger partial charge in [-0.1, -0.05) is 18.2 Å². The Kier molecular flexibility index (Phi) is 7.72. The van der Waals surface area contributed by atoms with Gasteiger partial charge in [-0.3, -0.25) is 4.99 Å². The standard InChI is InChI=1S/C15H23N3O.HI/c1-3-17-15(16-2)18-10-13-6-4-5-7-14(13)19-11-12-8-9-12;/h4-7,12H,3,8-11H2,1-2H3,(H2,16,17,18);1H. The molecule has 0 spiro atoms. The fourth-order valence-electron chi connectivity index (χ4n) is 1.85. The number of guanidine groups is 1. The number of ether oxygens (including phenoxy) is 1. The molecule has 4 nitrogen and oxygen atoms in total. The van der Waals surface area contributed by atoms with Crippen molar-refractivity contribution in [2.45, 2.75) is 26.3 Å². The SMILES string of the molecule is CCNC(=NC)NCc1ccccc1OCC1CC1.I. The largest absolute Gasteiger partial charge is 0.493 e. The zero-order valence-electron chi connectivity index (χ0n) is 12.2. The number of hydrogen-bond donors (Lipinski definition) is 2. The van der Waals surface area contributed by atoms with Gasteiger partial charge < -0.3 is 15.4 Å². The molecular weight excluding hydrogens is 365 g/mol. The first-order valence-corrected chi connectivity index (χ1v) is 6.98. The summed E-state index contributed by atoms with van der Waals surface area (Å²) in [5.41, 5.74) is 1.17. The average molecular weight is 389 g/mol. The summed E-state index contributed by atoms with van der Waals surface area (Å²) in [6, 6.07) is 8.19. The maximum atomic E-state index is 5.89. The molecule has 1 aliphatic rings. The molecule has 0 aromatic heterocycles. The summed E-state index contributed by atoms with van der Waals surface area (Å²) < 4.78 is 5.89. The average Bonchev–Trinajstić information content (AvgIpc) is 3.26. The highest BCUT2D eigenvalue weighted by molar-refractivity contribution is 14.0. The molecule has 5 heteroatoms. The normalized spacial score (nSPS) is 14.4. The first-order chi connectivity index (χ1) is 9.33. The van der Waals surface area contributed by atoms with Gasteiger partial charge >= 0.3 is 0 Å². The van der Waals surface area contributed by atoms with E-state index in [1.807, 2.05) is 18.2 Å². The molecule has 1 saturated carbocycles. The highest BCUT2D eigenvalue weighted by Gasteiger charge is 2.22. The van der Waals surface area contributed by atoms with E-state index in [1.54, 1.807) is 7.05 Å². The second-order valence-corrected chi connectivity index (χ2v) is 4.82. The van der Waals surface area contributed by atoms with Gasteiger partial charge in [0.2, 0.25) is 0 Å². The number of nitrogens with one attached hydrogen (secondary N) is 2. The number of nitrogens with zero attached hydrogens (tertiary/aromatic N) is 1. The Labute approximate surface area is 138 Å². The Balaban J connectivity index is 0.00000200. The molecule has 2 rings (SSSR count). The van der Waals surface area contributed by atoms with Crippen molar-refractivity contribution in [2.24, 2.45) is 10.9 Å². The summed E-state index contributed by atoms with van der Waals surface area (Å²) in [6.07, 6.45) is 2.63. The van der Waals surface area contributed by atoms with E-state index >= 15 is 0 Å². The third-order valence-electron chi connectivity index (χ3n) is 3.16. The minimum absolute atomic E-state index is 0. The third-order valence-corrected chi connectivity index (χ3v) is 3.16. The van der Waals surface area contributed by atoms with Crippen molar-refractivity contribution in [1.29, 1.82) is 0 Å². The summed E-state index contributed by atoms with van der Waals surface area (Å²) in [4.78, 5) is 4.16. The molecule has 0 aliphatic heterocycles. The molecule has 1 aliphatic carbocycles. The molecule has 20 heavy (non-hydrogen) atoms. The fraction of sp³-hybridized carbons (Fsp3) is 0.533. The monoisotopic (exact) mass is 389 g/mol. The summed E-state index contributed by atoms with van der Waals surface area (Å²) in [5.74, 6) is 2.57. The molecule has 1 fully saturated rings. The van der Waals surface area contributed by atoms with Crippen LogP contribution in [0.1, 0.15) is 25.3 Å². The highest BCUT2D eigenvalue weighted by Crippen LogP contribution is 2.30. The van der Waals surface area contributed by atoms with E-state index in [4.69, 9.17) is 4.74 Å². The lowest BCUT2D eigenvalue weighted by Crippen LogP contribution is -2.36. The van der Waals surface area contributed by atoms with E-state index in [2.05, 4.69) is 28.6 Å². The van der Waals surface area contributed by atoms with E-state index < -0.39 is 0 Å². The van der Waals surface area contributed by atoms with Crippen LogP contribution in [0.4, 0.5) is 0 Å². The number of para-hydroxylation sites is 1. The van der Waals surface area contributed by atoms with Gasteiger partial charge in [0.15, 0.2) is 5.96 Å². The van der Waals surface area contributed by atoms with E-state index in [0.29, 0.717) is 0 Å². The van der Waals surface area contributed by atoms with Gasteiger partial charge in [0, 0.05) is 25.7 Å². The predicted molar refractivity (Wildman–Crippen MR) is 94.0 cm³/mol. The zero-order valence-corrected chi connectivity index (χ0v) is 14.5. The molecule has 2 N–H and O–H groups in total. The van der Waals surface area contributed by atoms with Crippen molar-refractivity contribution in [3.8, 4) is 5.75 Å². The minimum Gasteiger partial charge on any atom is -0.493 e. The first-order valence-electron chi connectivity index (χ1n) is 6.98. The van der Waals surface area contributed by atoms with Crippen LogP contribution < -0.4 is 15.4 Å². The lowest BCUT2D eigenvalue weighted by atomic mass is 10.2. The molecule has 0 bridgehead atoms. The van der Waals surface area contributed by atoms with Crippen molar-refractivity contribution in [3.63, 3.8) is 0 Å². The van der Waals surface area contributed by atoms with E-state index in [0.717, 1.165) is 37.3 Å². The van der Waals surface area contributed by atoms with E-state index in [-0.39, 0.29) is 24.0 Å². The lowest BCUT2D eigenvalue weighted by molar-refractivity contribution is 0.296. The second-order valence-electron chi connectivity index (χ2n) is 4.82. The number of rotatable bonds is 6. The Morgan fingerprint density at radius 2 is 2.05 bits per heavy atom. The molecule has 0 unspecified atom stereocenters. The van der Waals surface area contributed by atoms with Gasteiger partial charge in [-0.2, -0.15) is 0 Å². The molecule has 1 aromatic carbocycles. The maximum Gasteiger partial charge on any atom is 0.191 e.